The molecule has 67 heavy (non-hydrogen) atoms. The summed E-state index contributed by atoms with van der Waals surface area (Å²) in [5.74, 6) is -0.897. The lowest BCUT2D eigenvalue weighted by molar-refractivity contribution is -0.167. The van der Waals surface area contributed by atoms with E-state index in [1.165, 1.54) is 103 Å². The van der Waals surface area contributed by atoms with Crippen molar-refractivity contribution < 1.29 is 28.6 Å². The minimum atomic E-state index is -0.780. The maximum absolute atomic E-state index is 12.8. The second-order valence-corrected chi connectivity index (χ2v) is 18.5. The standard InChI is InChI=1S/C61H104O6/c1-4-7-10-13-16-19-21-23-24-25-26-27-28-29-30-31-32-33-34-35-36-38-39-42-45-48-51-54-60(63)66-57-58(56-65-59(62)53-50-47-44-41-18-15-12-9-6-3)67-61(64)55-52-49-46-43-40-37-22-20-17-14-11-8-5-2/h7,10,16,19,23-24,26-27,29-30,32-33,35-36,58H,4-6,8-9,11-15,17-18,20-22,25,28,31,34,37-57H2,1-3H3/b10-7-,19-16-,24-23-,27-26-,30-29-,33-32-,36-35-. The first-order valence-corrected chi connectivity index (χ1v) is 28.1. The highest BCUT2D eigenvalue weighted by Gasteiger charge is 2.19. The highest BCUT2D eigenvalue weighted by atomic mass is 16.6. The van der Waals surface area contributed by atoms with Crippen LogP contribution in [0.5, 0.6) is 0 Å². The van der Waals surface area contributed by atoms with Crippen molar-refractivity contribution in [2.75, 3.05) is 13.2 Å². The summed E-state index contributed by atoms with van der Waals surface area (Å²) in [6.45, 7) is 6.49. The Morgan fingerprint density at radius 3 is 0.910 bits per heavy atom. The van der Waals surface area contributed by atoms with Gasteiger partial charge in [-0.3, -0.25) is 14.4 Å². The molecule has 1 unspecified atom stereocenters. The topological polar surface area (TPSA) is 78.9 Å². The van der Waals surface area contributed by atoms with Crippen LogP contribution in [0.25, 0.3) is 0 Å². The fraction of sp³-hybridized carbons (Fsp3) is 0.721. The SMILES string of the molecule is CC/C=C\C/C=C\C/C=C\C/C=C\C/C=C\C/C=C\C/C=C\CCCCCCCC(=O)OCC(COC(=O)CCCCCCCCCCC)OC(=O)CCCCCCCCCCCCCCC. The van der Waals surface area contributed by atoms with Crippen molar-refractivity contribution in [3.63, 3.8) is 0 Å². The van der Waals surface area contributed by atoms with Crippen LogP contribution in [0.1, 0.15) is 265 Å². The molecule has 0 aliphatic rings. The number of hydrogen-bond donors (Lipinski definition) is 0. The van der Waals surface area contributed by atoms with E-state index in [0.29, 0.717) is 19.3 Å². The Morgan fingerprint density at radius 2 is 0.582 bits per heavy atom. The maximum Gasteiger partial charge on any atom is 0.306 e. The lowest BCUT2D eigenvalue weighted by Gasteiger charge is -2.18. The molecule has 0 aliphatic carbocycles. The van der Waals surface area contributed by atoms with E-state index in [2.05, 4.69) is 106 Å². The molecule has 6 heteroatoms. The van der Waals surface area contributed by atoms with Crippen LogP contribution >= 0.6 is 0 Å². The van der Waals surface area contributed by atoms with Crippen LogP contribution < -0.4 is 0 Å². The molecule has 0 aromatic rings. The molecule has 0 rings (SSSR count). The Labute approximate surface area is 414 Å². The summed E-state index contributed by atoms with van der Waals surface area (Å²) in [6.07, 6.45) is 71.5. The van der Waals surface area contributed by atoms with Crippen molar-refractivity contribution in [3.8, 4) is 0 Å². The third kappa shape index (κ3) is 53.4. The van der Waals surface area contributed by atoms with Gasteiger partial charge >= 0.3 is 17.9 Å². The number of rotatable bonds is 50. The molecule has 0 aliphatic heterocycles. The molecule has 0 saturated carbocycles. The molecule has 6 nitrogen and oxygen atoms in total. The van der Waals surface area contributed by atoms with E-state index in [9.17, 15) is 14.4 Å². The van der Waals surface area contributed by atoms with Crippen LogP contribution in [0.15, 0.2) is 85.1 Å². The van der Waals surface area contributed by atoms with Gasteiger partial charge in [0.25, 0.3) is 0 Å². The second kappa shape index (κ2) is 55.2. The van der Waals surface area contributed by atoms with Gasteiger partial charge < -0.3 is 14.2 Å². The first-order valence-electron chi connectivity index (χ1n) is 28.1. The Kier molecular flexibility index (Phi) is 52.4. The fourth-order valence-corrected chi connectivity index (χ4v) is 7.72. The highest BCUT2D eigenvalue weighted by molar-refractivity contribution is 5.71. The molecular formula is C61H104O6. The van der Waals surface area contributed by atoms with E-state index in [0.717, 1.165) is 122 Å². The quantitative estimate of drug-likeness (QED) is 0.0262. The molecule has 0 fully saturated rings. The number of esters is 3. The van der Waals surface area contributed by atoms with Gasteiger partial charge in [0.2, 0.25) is 0 Å². The molecule has 0 amide bonds. The minimum Gasteiger partial charge on any atom is -0.462 e. The van der Waals surface area contributed by atoms with Crippen molar-refractivity contribution in [1.29, 1.82) is 0 Å². The van der Waals surface area contributed by atoms with Gasteiger partial charge in [0.15, 0.2) is 6.10 Å². The third-order valence-electron chi connectivity index (χ3n) is 11.9. The molecule has 0 spiro atoms. The number of hydrogen-bond acceptors (Lipinski definition) is 6. The Balaban J connectivity index is 4.27. The zero-order valence-electron chi connectivity index (χ0n) is 43.9. The average Bonchev–Trinajstić information content (AvgIpc) is 3.33. The molecule has 0 saturated heterocycles. The van der Waals surface area contributed by atoms with E-state index in [-0.39, 0.29) is 31.1 Å². The van der Waals surface area contributed by atoms with E-state index < -0.39 is 6.10 Å². The molecule has 0 N–H and O–H groups in total. The number of unbranched alkanes of at least 4 members (excludes halogenated alkanes) is 25. The van der Waals surface area contributed by atoms with Gasteiger partial charge in [-0.15, -0.1) is 0 Å². The predicted octanol–water partition coefficient (Wildman–Crippen LogP) is 18.8. The molecule has 0 radical (unpaired) electrons. The number of allylic oxidation sites excluding steroid dienone is 14. The van der Waals surface area contributed by atoms with Crippen molar-refractivity contribution in [3.05, 3.63) is 85.1 Å². The maximum atomic E-state index is 12.8. The van der Waals surface area contributed by atoms with Gasteiger partial charge in [-0.25, -0.2) is 0 Å². The Hall–Kier alpha value is -3.41. The van der Waals surface area contributed by atoms with Gasteiger partial charge in [0.1, 0.15) is 13.2 Å². The van der Waals surface area contributed by atoms with Crippen LogP contribution in [0.3, 0.4) is 0 Å². The van der Waals surface area contributed by atoms with Crippen LogP contribution in [0.2, 0.25) is 0 Å². The number of carbonyl (C=O) groups is 3. The summed E-state index contributed by atoms with van der Waals surface area (Å²) >= 11 is 0. The lowest BCUT2D eigenvalue weighted by Crippen LogP contribution is -2.30. The van der Waals surface area contributed by atoms with Crippen molar-refractivity contribution in [2.45, 2.75) is 271 Å². The normalized spacial score (nSPS) is 12.7. The monoisotopic (exact) mass is 933 g/mol. The van der Waals surface area contributed by atoms with E-state index in [1.807, 2.05) is 0 Å². The predicted molar refractivity (Wildman–Crippen MR) is 288 cm³/mol. The van der Waals surface area contributed by atoms with Crippen LogP contribution in [0.4, 0.5) is 0 Å². The second-order valence-electron chi connectivity index (χ2n) is 18.5. The number of ether oxygens (including phenoxy) is 3. The first-order chi connectivity index (χ1) is 33.0. The fourth-order valence-electron chi connectivity index (χ4n) is 7.72. The average molecular weight is 933 g/mol. The zero-order valence-corrected chi connectivity index (χ0v) is 43.9. The third-order valence-corrected chi connectivity index (χ3v) is 11.9. The molecule has 1 atom stereocenters. The Bertz CT molecular complexity index is 1300. The highest BCUT2D eigenvalue weighted by Crippen LogP contribution is 2.15. The van der Waals surface area contributed by atoms with Gasteiger partial charge in [0.05, 0.1) is 0 Å². The van der Waals surface area contributed by atoms with E-state index >= 15 is 0 Å². The van der Waals surface area contributed by atoms with Gasteiger partial charge in [-0.1, -0.05) is 254 Å². The van der Waals surface area contributed by atoms with E-state index in [1.54, 1.807) is 0 Å². The molecule has 384 valence electrons. The summed E-state index contributed by atoms with van der Waals surface area (Å²) in [4.78, 5) is 38.0. The van der Waals surface area contributed by atoms with Crippen molar-refractivity contribution >= 4 is 17.9 Å². The summed E-state index contributed by atoms with van der Waals surface area (Å²) in [5.41, 5.74) is 0. The molecule has 0 heterocycles. The summed E-state index contributed by atoms with van der Waals surface area (Å²) in [6, 6.07) is 0. The van der Waals surface area contributed by atoms with Crippen molar-refractivity contribution in [2.24, 2.45) is 0 Å². The number of carbonyl (C=O) groups excluding carboxylic acids is 3. The molecule has 0 aromatic heterocycles. The smallest absolute Gasteiger partial charge is 0.306 e. The largest absolute Gasteiger partial charge is 0.462 e. The van der Waals surface area contributed by atoms with Crippen LogP contribution in [-0.2, 0) is 28.6 Å². The van der Waals surface area contributed by atoms with Gasteiger partial charge in [-0.2, -0.15) is 0 Å². The lowest BCUT2D eigenvalue weighted by atomic mass is 10.0. The summed E-state index contributed by atoms with van der Waals surface area (Å²) < 4.78 is 16.8. The zero-order chi connectivity index (χ0) is 48.6. The summed E-state index contributed by atoms with van der Waals surface area (Å²) in [5, 5.41) is 0. The van der Waals surface area contributed by atoms with Gasteiger partial charge in [-0.05, 0) is 77.0 Å². The van der Waals surface area contributed by atoms with Gasteiger partial charge in [0, 0.05) is 19.3 Å². The Morgan fingerprint density at radius 1 is 0.313 bits per heavy atom. The minimum absolute atomic E-state index is 0.0796. The molecular weight excluding hydrogens is 829 g/mol. The molecule has 0 aromatic carbocycles. The molecule has 0 bridgehead atoms. The first kappa shape index (κ1) is 63.6. The van der Waals surface area contributed by atoms with E-state index in [4.69, 9.17) is 14.2 Å². The van der Waals surface area contributed by atoms with Crippen molar-refractivity contribution in [1.82, 2.24) is 0 Å². The van der Waals surface area contributed by atoms with Crippen LogP contribution in [-0.4, -0.2) is 37.2 Å². The van der Waals surface area contributed by atoms with Crippen LogP contribution in [0, 0.1) is 0 Å². The summed E-state index contributed by atoms with van der Waals surface area (Å²) in [7, 11) is 0.